The maximum atomic E-state index is 13.7. The first kappa shape index (κ1) is 18.5. The van der Waals surface area contributed by atoms with Crippen LogP contribution >= 0.6 is 23.2 Å². The molecule has 4 rings (SSSR count). The molecular weight excluding hydrogens is 389 g/mol. The van der Waals surface area contributed by atoms with Gasteiger partial charge >= 0.3 is 0 Å². The lowest BCUT2D eigenvalue weighted by Gasteiger charge is -2.31. The average molecular weight is 407 g/mol. The van der Waals surface area contributed by atoms with Crippen molar-refractivity contribution in [3.05, 3.63) is 93.2 Å². The summed E-state index contributed by atoms with van der Waals surface area (Å²) in [5.41, 5.74) is 2.90. The number of aryl methyl sites for hydroxylation is 1. The Hall–Kier alpha value is -1.88. The van der Waals surface area contributed by atoms with Crippen molar-refractivity contribution in [3.63, 3.8) is 0 Å². The van der Waals surface area contributed by atoms with Crippen LogP contribution < -0.4 is 0 Å². The Morgan fingerprint density at radius 1 is 0.926 bits per heavy atom. The van der Waals surface area contributed by atoms with E-state index in [-0.39, 0.29) is 6.04 Å². The van der Waals surface area contributed by atoms with Gasteiger partial charge in [0, 0.05) is 31.5 Å². The SMILES string of the molecule is Fc1ccc(CN2CCCn3cccc3[C@H]2c2ccc(Cl)c(Cl)c2)cc1F. The van der Waals surface area contributed by atoms with Crippen LogP contribution in [0.1, 0.15) is 29.3 Å². The highest BCUT2D eigenvalue weighted by atomic mass is 35.5. The van der Waals surface area contributed by atoms with Crippen molar-refractivity contribution in [2.45, 2.75) is 25.6 Å². The van der Waals surface area contributed by atoms with Crippen LogP contribution in [0.2, 0.25) is 10.0 Å². The molecule has 0 saturated heterocycles. The van der Waals surface area contributed by atoms with Gasteiger partial charge in [-0.1, -0.05) is 35.3 Å². The highest BCUT2D eigenvalue weighted by Crippen LogP contribution is 2.35. The van der Waals surface area contributed by atoms with Crippen molar-refractivity contribution in [2.24, 2.45) is 0 Å². The van der Waals surface area contributed by atoms with E-state index in [1.54, 1.807) is 12.1 Å². The zero-order chi connectivity index (χ0) is 19.0. The highest BCUT2D eigenvalue weighted by molar-refractivity contribution is 6.42. The molecule has 3 aromatic rings. The molecule has 0 bridgehead atoms. The van der Waals surface area contributed by atoms with Crippen LogP contribution in [0.5, 0.6) is 0 Å². The minimum Gasteiger partial charge on any atom is -0.350 e. The first-order valence-electron chi connectivity index (χ1n) is 8.81. The van der Waals surface area contributed by atoms with Gasteiger partial charge in [0.25, 0.3) is 0 Å². The van der Waals surface area contributed by atoms with Crippen LogP contribution in [-0.4, -0.2) is 16.0 Å². The second-order valence-electron chi connectivity index (χ2n) is 6.78. The van der Waals surface area contributed by atoms with Gasteiger partial charge < -0.3 is 4.57 Å². The Morgan fingerprint density at radius 2 is 1.78 bits per heavy atom. The Kier molecular flexibility index (Phi) is 5.22. The molecule has 2 nitrogen and oxygen atoms in total. The predicted octanol–water partition coefficient (Wildman–Crippen LogP) is 6.07. The van der Waals surface area contributed by atoms with Gasteiger partial charge in [-0.3, -0.25) is 4.90 Å². The van der Waals surface area contributed by atoms with Crippen molar-refractivity contribution in [2.75, 3.05) is 6.54 Å². The third kappa shape index (κ3) is 3.75. The lowest BCUT2D eigenvalue weighted by Crippen LogP contribution is -2.29. The second-order valence-corrected chi connectivity index (χ2v) is 7.59. The summed E-state index contributed by atoms with van der Waals surface area (Å²) >= 11 is 12.4. The molecule has 2 aromatic carbocycles. The van der Waals surface area contributed by atoms with Crippen molar-refractivity contribution in [1.29, 1.82) is 0 Å². The Morgan fingerprint density at radius 3 is 2.56 bits per heavy atom. The van der Waals surface area contributed by atoms with E-state index < -0.39 is 11.6 Å². The minimum absolute atomic E-state index is 0.0506. The van der Waals surface area contributed by atoms with Crippen LogP contribution in [0, 0.1) is 11.6 Å². The lowest BCUT2D eigenvalue weighted by molar-refractivity contribution is 0.220. The molecule has 1 aliphatic heterocycles. The van der Waals surface area contributed by atoms with Gasteiger partial charge in [0.15, 0.2) is 11.6 Å². The number of aromatic nitrogens is 1. The first-order chi connectivity index (χ1) is 13.0. The number of benzene rings is 2. The third-order valence-corrected chi connectivity index (χ3v) is 5.72. The minimum atomic E-state index is -0.829. The van der Waals surface area contributed by atoms with Crippen molar-refractivity contribution >= 4 is 23.2 Å². The van der Waals surface area contributed by atoms with Gasteiger partial charge in [-0.2, -0.15) is 0 Å². The summed E-state index contributed by atoms with van der Waals surface area (Å²) in [6, 6.07) is 13.8. The van der Waals surface area contributed by atoms with Crippen molar-refractivity contribution in [1.82, 2.24) is 9.47 Å². The summed E-state index contributed by atoms with van der Waals surface area (Å²) < 4.78 is 29.2. The summed E-state index contributed by atoms with van der Waals surface area (Å²) in [5.74, 6) is -1.65. The molecule has 0 N–H and O–H groups in total. The number of fused-ring (bicyclic) bond motifs is 1. The summed E-state index contributed by atoms with van der Waals surface area (Å²) in [5, 5.41) is 1.01. The quantitative estimate of drug-likeness (QED) is 0.512. The fourth-order valence-corrected chi connectivity index (χ4v) is 4.05. The molecule has 2 heterocycles. The van der Waals surface area contributed by atoms with E-state index in [1.165, 1.54) is 12.1 Å². The number of hydrogen-bond acceptors (Lipinski definition) is 1. The molecule has 0 fully saturated rings. The monoisotopic (exact) mass is 406 g/mol. The molecule has 0 saturated carbocycles. The van der Waals surface area contributed by atoms with Gasteiger partial charge in [0.1, 0.15) is 0 Å². The Bertz CT molecular complexity index is 971. The maximum absolute atomic E-state index is 13.7. The number of rotatable bonds is 3. The summed E-state index contributed by atoms with van der Waals surface area (Å²) in [4.78, 5) is 2.27. The van der Waals surface area contributed by atoms with E-state index in [9.17, 15) is 8.78 Å². The van der Waals surface area contributed by atoms with Crippen LogP contribution in [-0.2, 0) is 13.1 Å². The highest BCUT2D eigenvalue weighted by Gasteiger charge is 2.28. The molecular formula is C21H18Cl2F2N2. The molecule has 0 amide bonds. The molecule has 1 aliphatic rings. The number of hydrogen-bond donors (Lipinski definition) is 0. The van der Waals surface area contributed by atoms with Crippen LogP contribution in [0.25, 0.3) is 0 Å². The number of nitrogens with zero attached hydrogens (tertiary/aromatic N) is 2. The van der Waals surface area contributed by atoms with E-state index in [2.05, 4.69) is 21.7 Å². The van der Waals surface area contributed by atoms with Crippen molar-refractivity contribution in [3.8, 4) is 0 Å². The zero-order valence-corrected chi connectivity index (χ0v) is 16.0. The second kappa shape index (κ2) is 7.63. The fourth-order valence-electron chi connectivity index (χ4n) is 3.75. The fraction of sp³-hybridized carbons (Fsp3) is 0.238. The number of halogens is 4. The Labute approximate surface area is 166 Å². The summed E-state index contributed by atoms with van der Waals surface area (Å²) in [6.45, 7) is 2.24. The topological polar surface area (TPSA) is 8.17 Å². The van der Waals surface area contributed by atoms with Crippen LogP contribution in [0.4, 0.5) is 8.78 Å². The smallest absolute Gasteiger partial charge is 0.159 e. The maximum Gasteiger partial charge on any atom is 0.159 e. The van der Waals surface area contributed by atoms with Gasteiger partial charge in [-0.05, 0) is 53.9 Å². The van der Waals surface area contributed by atoms with E-state index in [0.29, 0.717) is 16.6 Å². The first-order valence-corrected chi connectivity index (χ1v) is 9.56. The molecule has 0 aliphatic carbocycles. The van der Waals surface area contributed by atoms with Gasteiger partial charge in [-0.25, -0.2) is 8.78 Å². The van der Waals surface area contributed by atoms with Gasteiger partial charge in [-0.15, -0.1) is 0 Å². The van der Waals surface area contributed by atoms with Crippen molar-refractivity contribution < 1.29 is 8.78 Å². The lowest BCUT2D eigenvalue weighted by atomic mass is 10.0. The molecule has 140 valence electrons. The standard InChI is InChI=1S/C21H18Cl2F2N2/c22-16-6-5-15(12-17(16)23)21-20-3-1-8-26(20)9-2-10-27(21)13-14-4-7-18(24)19(25)11-14/h1,3-8,11-12,21H,2,9-10,13H2/t21-/m1/s1. The normalized spacial score (nSPS) is 17.6. The third-order valence-electron chi connectivity index (χ3n) is 4.98. The van der Waals surface area contributed by atoms with E-state index in [4.69, 9.17) is 23.2 Å². The zero-order valence-electron chi connectivity index (χ0n) is 14.5. The van der Waals surface area contributed by atoms with Gasteiger partial charge in [0.2, 0.25) is 0 Å². The van der Waals surface area contributed by atoms with Crippen LogP contribution in [0.3, 0.4) is 0 Å². The average Bonchev–Trinajstić information content (AvgIpc) is 3.02. The molecule has 1 aromatic heterocycles. The Balaban J connectivity index is 1.75. The van der Waals surface area contributed by atoms with Crippen LogP contribution in [0.15, 0.2) is 54.7 Å². The summed E-state index contributed by atoms with van der Waals surface area (Å²) in [6.07, 6.45) is 3.03. The molecule has 0 spiro atoms. The van der Waals surface area contributed by atoms with Gasteiger partial charge in [0.05, 0.1) is 16.1 Å². The molecule has 0 radical (unpaired) electrons. The molecule has 0 unspecified atom stereocenters. The summed E-state index contributed by atoms with van der Waals surface area (Å²) in [7, 11) is 0. The molecule has 6 heteroatoms. The largest absolute Gasteiger partial charge is 0.350 e. The molecule has 1 atom stereocenters. The molecule has 27 heavy (non-hydrogen) atoms. The van der Waals surface area contributed by atoms with E-state index in [1.807, 2.05) is 18.2 Å². The van der Waals surface area contributed by atoms with E-state index in [0.717, 1.165) is 36.3 Å². The van der Waals surface area contributed by atoms with E-state index >= 15 is 0 Å². The predicted molar refractivity (Wildman–Crippen MR) is 104 cm³/mol.